The van der Waals surface area contributed by atoms with Crippen molar-refractivity contribution in [2.75, 3.05) is 5.32 Å². The minimum Gasteiger partial charge on any atom is -0.345 e. The summed E-state index contributed by atoms with van der Waals surface area (Å²) in [6, 6.07) is 15.7. The number of fused-ring (bicyclic) bond motifs is 1. The first kappa shape index (κ1) is 12.5. The number of aromatic amines is 1. The highest BCUT2D eigenvalue weighted by Crippen LogP contribution is 2.26. The van der Waals surface area contributed by atoms with Crippen LogP contribution in [0.25, 0.3) is 22.3 Å². The summed E-state index contributed by atoms with van der Waals surface area (Å²) in [5, 5.41) is 4.25. The molecule has 0 spiro atoms. The van der Waals surface area contributed by atoms with Crippen LogP contribution in [0, 0.1) is 0 Å². The van der Waals surface area contributed by atoms with Gasteiger partial charge in [-0.2, -0.15) is 0 Å². The molecule has 4 rings (SSSR count). The quantitative estimate of drug-likeness (QED) is 0.602. The molecule has 0 radical (unpaired) electrons. The molecule has 3 aromatic heterocycles. The Hall–Kier alpha value is -3.21. The third kappa shape index (κ3) is 2.29. The van der Waals surface area contributed by atoms with Crippen molar-refractivity contribution in [1.29, 1.82) is 0 Å². The summed E-state index contributed by atoms with van der Waals surface area (Å²) >= 11 is 0. The first-order valence-corrected chi connectivity index (χ1v) is 6.98. The number of rotatable bonds is 3. The summed E-state index contributed by atoms with van der Waals surface area (Å²) < 4.78 is 0. The van der Waals surface area contributed by atoms with E-state index in [0.29, 0.717) is 5.95 Å². The fourth-order valence-electron chi connectivity index (χ4n) is 2.39. The summed E-state index contributed by atoms with van der Waals surface area (Å²) in [5.74, 6) is 0.571. The van der Waals surface area contributed by atoms with Crippen molar-refractivity contribution in [2.24, 2.45) is 0 Å². The Labute approximate surface area is 127 Å². The smallest absolute Gasteiger partial charge is 0.227 e. The zero-order chi connectivity index (χ0) is 14.8. The molecule has 0 amide bonds. The molecular weight excluding hydrogens is 274 g/mol. The van der Waals surface area contributed by atoms with Gasteiger partial charge in [0.15, 0.2) is 0 Å². The van der Waals surface area contributed by atoms with E-state index in [1.54, 1.807) is 12.4 Å². The molecule has 4 aromatic rings. The monoisotopic (exact) mass is 287 g/mol. The maximum absolute atomic E-state index is 4.59. The van der Waals surface area contributed by atoms with Crippen LogP contribution in [0.2, 0.25) is 0 Å². The van der Waals surface area contributed by atoms with Gasteiger partial charge in [-0.25, -0.2) is 15.0 Å². The van der Waals surface area contributed by atoms with Crippen molar-refractivity contribution in [3.8, 4) is 11.3 Å². The Morgan fingerprint density at radius 3 is 2.68 bits per heavy atom. The van der Waals surface area contributed by atoms with Crippen molar-refractivity contribution in [3.05, 3.63) is 67.1 Å². The van der Waals surface area contributed by atoms with Gasteiger partial charge in [-0.15, -0.1) is 0 Å². The van der Waals surface area contributed by atoms with Gasteiger partial charge in [0.25, 0.3) is 0 Å². The van der Waals surface area contributed by atoms with Crippen LogP contribution in [-0.4, -0.2) is 19.9 Å². The predicted molar refractivity (Wildman–Crippen MR) is 86.8 cm³/mol. The third-order valence-corrected chi connectivity index (χ3v) is 3.41. The van der Waals surface area contributed by atoms with Gasteiger partial charge >= 0.3 is 0 Å². The van der Waals surface area contributed by atoms with E-state index in [9.17, 15) is 0 Å². The molecule has 2 N–H and O–H groups in total. The van der Waals surface area contributed by atoms with Gasteiger partial charge in [-0.05, 0) is 30.3 Å². The normalized spacial score (nSPS) is 10.7. The Bertz CT molecular complexity index is 914. The molecule has 0 bridgehead atoms. The van der Waals surface area contributed by atoms with Gasteiger partial charge in [-0.1, -0.05) is 18.2 Å². The molecule has 106 valence electrons. The van der Waals surface area contributed by atoms with E-state index in [1.807, 2.05) is 54.7 Å². The van der Waals surface area contributed by atoms with Gasteiger partial charge in [0.05, 0.1) is 5.69 Å². The van der Waals surface area contributed by atoms with Gasteiger partial charge in [0.2, 0.25) is 5.95 Å². The molecule has 22 heavy (non-hydrogen) atoms. The van der Waals surface area contributed by atoms with Crippen LogP contribution in [0.1, 0.15) is 0 Å². The van der Waals surface area contributed by atoms with Crippen molar-refractivity contribution < 1.29 is 0 Å². The SMILES string of the molecule is c1ccc(Nc2nccc(-c3c[nH]c4ncccc34)n2)cc1. The highest BCUT2D eigenvalue weighted by Gasteiger charge is 2.08. The van der Waals surface area contributed by atoms with Crippen LogP contribution >= 0.6 is 0 Å². The summed E-state index contributed by atoms with van der Waals surface area (Å²) in [6.07, 6.45) is 5.44. The molecule has 1 aromatic carbocycles. The molecule has 0 unspecified atom stereocenters. The molecule has 3 heterocycles. The predicted octanol–water partition coefficient (Wildman–Crippen LogP) is 3.76. The fraction of sp³-hybridized carbons (Fsp3) is 0. The average Bonchev–Trinajstić information content (AvgIpc) is 3.00. The highest BCUT2D eigenvalue weighted by molar-refractivity contribution is 5.92. The Kier molecular flexibility index (Phi) is 3.01. The molecule has 5 nitrogen and oxygen atoms in total. The van der Waals surface area contributed by atoms with Crippen molar-refractivity contribution >= 4 is 22.7 Å². The molecule has 5 heteroatoms. The first-order chi connectivity index (χ1) is 10.9. The van der Waals surface area contributed by atoms with Crippen LogP contribution in [-0.2, 0) is 0 Å². The number of pyridine rings is 1. The largest absolute Gasteiger partial charge is 0.345 e. The highest BCUT2D eigenvalue weighted by atomic mass is 15.1. The average molecular weight is 287 g/mol. The fourth-order valence-corrected chi connectivity index (χ4v) is 2.39. The molecule has 0 atom stereocenters. The second-order valence-corrected chi connectivity index (χ2v) is 4.86. The molecule has 0 fully saturated rings. The second kappa shape index (κ2) is 5.29. The second-order valence-electron chi connectivity index (χ2n) is 4.86. The van der Waals surface area contributed by atoms with Crippen molar-refractivity contribution in [1.82, 2.24) is 19.9 Å². The maximum Gasteiger partial charge on any atom is 0.227 e. The zero-order valence-corrected chi connectivity index (χ0v) is 11.7. The van der Waals surface area contributed by atoms with E-state index in [4.69, 9.17) is 0 Å². The van der Waals surface area contributed by atoms with Crippen LogP contribution in [0.15, 0.2) is 67.1 Å². The minimum absolute atomic E-state index is 0.571. The summed E-state index contributed by atoms with van der Waals surface area (Å²) in [5.41, 5.74) is 3.68. The van der Waals surface area contributed by atoms with Gasteiger partial charge in [0, 0.05) is 35.2 Å². The molecule has 0 saturated heterocycles. The summed E-state index contributed by atoms with van der Waals surface area (Å²) in [7, 11) is 0. The van der Waals surface area contributed by atoms with Crippen LogP contribution in [0.5, 0.6) is 0 Å². The van der Waals surface area contributed by atoms with E-state index in [-0.39, 0.29) is 0 Å². The van der Waals surface area contributed by atoms with E-state index < -0.39 is 0 Å². The molecule has 0 aliphatic heterocycles. The number of hydrogen-bond acceptors (Lipinski definition) is 4. The van der Waals surface area contributed by atoms with E-state index in [2.05, 4.69) is 25.3 Å². The lowest BCUT2D eigenvalue weighted by atomic mass is 10.1. The van der Waals surface area contributed by atoms with Gasteiger partial charge in [0.1, 0.15) is 5.65 Å². The molecular formula is C17H13N5. The summed E-state index contributed by atoms with van der Waals surface area (Å²) in [6.45, 7) is 0. The number of H-pyrrole nitrogens is 1. The number of aromatic nitrogens is 4. The van der Waals surface area contributed by atoms with Crippen LogP contribution in [0.3, 0.4) is 0 Å². The maximum atomic E-state index is 4.59. The number of benzene rings is 1. The van der Waals surface area contributed by atoms with Crippen LogP contribution < -0.4 is 5.32 Å². The number of para-hydroxylation sites is 1. The lowest BCUT2D eigenvalue weighted by Crippen LogP contribution is -1.97. The van der Waals surface area contributed by atoms with Gasteiger partial charge in [-0.3, -0.25) is 0 Å². The lowest BCUT2D eigenvalue weighted by Gasteiger charge is -2.05. The van der Waals surface area contributed by atoms with Crippen molar-refractivity contribution in [2.45, 2.75) is 0 Å². The van der Waals surface area contributed by atoms with Gasteiger partial charge < -0.3 is 10.3 Å². The van der Waals surface area contributed by atoms with E-state index in [0.717, 1.165) is 28.0 Å². The van der Waals surface area contributed by atoms with E-state index >= 15 is 0 Å². The number of anilines is 2. The number of nitrogens with one attached hydrogen (secondary N) is 2. The molecule has 0 aliphatic rings. The topological polar surface area (TPSA) is 66.5 Å². The first-order valence-electron chi connectivity index (χ1n) is 6.98. The lowest BCUT2D eigenvalue weighted by molar-refractivity contribution is 1.17. The molecule has 0 saturated carbocycles. The number of nitrogens with zero attached hydrogens (tertiary/aromatic N) is 3. The number of hydrogen-bond donors (Lipinski definition) is 2. The minimum atomic E-state index is 0.571. The Morgan fingerprint density at radius 2 is 1.77 bits per heavy atom. The Balaban J connectivity index is 1.73. The Morgan fingerprint density at radius 1 is 0.864 bits per heavy atom. The van der Waals surface area contributed by atoms with Crippen LogP contribution in [0.4, 0.5) is 11.6 Å². The van der Waals surface area contributed by atoms with Crippen molar-refractivity contribution in [3.63, 3.8) is 0 Å². The zero-order valence-electron chi connectivity index (χ0n) is 11.7. The van der Waals surface area contributed by atoms with E-state index in [1.165, 1.54) is 0 Å². The third-order valence-electron chi connectivity index (χ3n) is 3.41. The summed E-state index contributed by atoms with van der Waals surface area (Å²) in [4.78, 5) is 16.3. The standard InChI is InChI=1S/C17H13N5/c1-2-5-12(6-3-1)21-17-19-10-8-15(22-17)14-11-20-16-13(14)7-4-9-18-16/h1-11H,(H,18,20)(H,19,21,22). The molecule has 0 aliphatic carbocycles.